The fourth-order valence-corrected chi connectivity index (χ4v) is 8.04. The summed E-state index contributed by atoms with van der Waals surface area (Å²) in [5.74, 6) is 0.669. The van der Waals surface area contributed by atoms with Crippen LogP contribution in [0.4, 0.5) is 0 Å². The molecule has 0 amide bonds. The zero-order valence-corrected chi connectivity index (χ0v) is 24.8. The summed E-state index contributed by atoms with van der Waals surface area (Å²) in [4.78, 5) is 10.3. The molecule has 0 radical (unpaired) electrons. The predicted octanol–water partition coefficient (Wildman–Crippen LogP) is 11.2. The first-order chi connectivity index (χ1) is 22.3. The van der Waals surface area contributed by atoms with Crippen LogP contribution in [0.5, 0.6) is 0 Å². The molecule has 0 fully saturated rings. The molecule has 45 heavy (non-hydrogen) atoms. The second-order valence-electron chi connectivity index (χ2n) is 11.4. The van der Waals surface area contributed by atoms with Crippen molar-refractivity contribution in [2.24, 2.45) is 0 Å². The molecule has 4 aromatic heterocycles. The molecule has 10 rings (SSSR count). The molecular formula is C40H23N3OS. The van der Waals surface area contributed by atoms with Crippen molar-refractivity contribution >= 4 is 75.4 Å². The van der Waals surface area contributed by atoms with Gasteiger partial charge >= 0.3 is 0 Å². The van der Waals surface area contributed by atoms with Crippen LogP contribution in [0.15, 0.2) is 144 Å². The van der Waals surface area contributed by atoms with Crippen molar-refractivity contribution in [3.8, 4) is 28.3 Å². The lowest BCUT2D eigenvalue weighted by Crippen LogP contribution is -1.97. The van der Waals surface area contributed by atoms with Gasteiger partial charge in [-0.2, -0.15) is 0 Å². The van der Waals surface area contributed by atoms with Crippen molar-refractivity contribution in [2.45, 2.75) is 0 Å². The number of thiophene rings is 1. The van der Waals surface area contributed by atoms with Gasteiger partial charge in [-0.25, -0.2) is 9.97 Å². The molecule has 0 spiro atoms. The largest absolute Gasteiger partial charge is 0.452 e. The molecule has 0 aliphatic carbocycles. The van der Waals surface area contributed by atoms with E-state index >= 15 is 0 Å². The van der Waals surface area contributed by atoms with Gasteiger partial charge in [-0.3, -0.25) is 0 Å². The van der Waals surface area contributed by atoms with Crippen LogP contribution >= 0.6 is 11.3 Å². The lowest BCUT2D eigenvalue weighted by molar-refractivity contribution is 0.667. The summed E-state index contributed by atoms with van der Waals surface area (Å²) < 4.78 is 11.4. The van der Waals surface area contributed by atoms with E-state index in [0.29, 0.717) is 11.4 Å². The third-order valence-corrected chi connectivity index (χ3v) is 10.0. The van der Waals surface area contributed by atoms with Crippen LogP contribution in [-0.2, 0) is 0 Å². The topological polar surface area (TPSA) is 43.9 Å². The number of para-hydroxylation sites is 2. The first kappa shape index (κ1) is 24.6. The number of fused-ring (bicyclic) bond motifs is 10. The molecule has 0 N–H and O–H groups in total. The molecule has 0 saturated heterocycles. The van der Waals surface area contributed by atoms with Crippen molar-refractivity contribution in [1.82, 2.24) is 14.5 Å². The summed E-state index contributed by atoms with van der Waals surface area (Å²) in [5.41, 5.74) is 8.56. The lowest BCUT2D eigenvalue weighted by Gasteiger charge is -2.11. The van der Waals surface area contributed by atoms with E-state index in [2.05, 4.69) is 108 Å². The minimum Gasteiger partial charge on any atom is -0.452 e. The van der Waals surface area contributed by atoms with Gasteiger partial charge < -0.3 is 8.98 Å². The number of benzene rings is 6. The first-order valence-corrected chi connectivity index (χ1v) is 15.8. The van der Waals surface area contributed by atoms with E-state index in [1.165, 1.54) is 42.0 Å². The molecule has 0 saturated carbocycles. The SMILES string of the molecule is c1ccc(-c2nc(-c3cccc(-n4c5ccccc5c5ccc6c7ccccc7sc6c54)c3)nc3c2oc2ccccc23)cc1. The Bertz CT molecular complexity index is 2770. The van der Waals surface area contributed by atoms with Gasteiger partial charge in [0.25, 0.3) is 0 Å². The van der Waals surface area contributed by atoms with Crippen LogP contribution in [0.3, 0.4) is 0 Å². The molecule has 0 atom stereocenters. The lowest BCUT2D eigenvalue weighted by atomic mass is 10.1. The van der Waals surface area contributed by atoms with Gasteiger partial charge in [0, 0.05) is 48.4 Å². The summed E-state index contributed by atoms with van der Waals surface area (Å²) in [6.45, 7) is 0. The van der Waals surface area contributed by atoms with E-state index in [-0.39, 0.29) is 0 Å². The normalized spacial score (nSPS) is 12.0. The zero-order chi connectivity index (χ0) is 29.5. The highest BCUT2D eigenvalue weighted by atomic mass is 32.1. The van der Waals surface area contributed by atoms with E-state index in [1.54, 1.807) is 0 Å². The molecule has 0 bridgehead atoms. The highest BCUT2D eigenvalue weighted by Gasteiger charge is 2.20. The first-order valence-electron chi connectivity index (χ1n) is 15.0. The fourth-order valence-electron chi connectivity index (χ4n) is 6.79. The monoisotopic (exact) mass is 593 g/mol. The van der Waals surface area contributed by atoms with E-state index in [9.17, 15) is 0 Å². The van der Waals surface area contributed by atoms with Crippen molar-refractivity contribution in [3.63, 3.8) is 0 Å². The van der Waals surface area contributed by atoms with Gasteiger partial charge in [-0.05, 0) is 36.4 Å². The second-order valence-corrected chi connectivity index (χ2v) is 12.4. The third kappa shape index (κ3) is 3.59. The Hall–Kier alpha value is -5.78. The number of hydrogen-bond donors (Lipinski definition) is 0. The van der Waals surface area contributed by atoms with Crippen LogP contribution in [-0.4, -0.2) is 14.5 Å². The fraction of sp³-hybridized carbons (Fsp3) is 0. The Balaban J connectivity index is 1.26. The maximum atomic E-state index is 6.35. The highest BCUT2D eigenvalue weighted by Crippen LogP contribution is 2.43. The van der Waals surface area contributed by atoms with Gasteiger partial charge in [0.05, 0.1) is 15.7 Å². The number of nitrogens with zero attached hydrogens (tertiary/aromatic N) is 3. The van der Waals surface area contributed by atoms with Gasteiger partial charge in [-0.1, -0.05) is 103 Å². The Morgan fingerprint density at radius 2 is 1.29 bits per heavy atom. The number of furan rings is 1. The maximum Gasteiger partial charge on any atom is 0.180 e. The molecule has 6 aromatic carbocycles. The third-order valence-electron chi connectivity index (χ3n) is 8.81. The minimum absolute atomic E-state index is 0.669. The summed E-state index contributed by atoms with van der Waals surface area (Å²) >= 11 is 1.86. The summed E-state index contributed by atoms with van der Waals surface area (Å²) in [6.07, 6.45) is 0. The van der Waals surface area contributed by atoms with E-state index in [1.807, 2.05) is 47.7 Å². The number of hydrogen-bond acceptors (Lipinski definition) is 4. The highest BCUT2D eigenvalue weighted by molar-refractivity contribution is 7.26. The van der Waals surface area contributed by atoms with Crippen molar-refractivity contribution in [1.29, 1.82) is 0 Å². The van der Waals surface area contributed by atoms with Crippen molar-refractivity contribution < 1.29 is 4.42 Å². The minimum atomic E-state index is 0.669. The maximum absolute atomic E-state index is 6.35. The van der Waals surface area contributed by atoms with E-state index in [0.717, 1.165) is 39.0 Å². The number of aromatic nitrogens is 3. The smallest absolute Gasteiger partial charge is 0.180 e. The average molecular weight is 594 g/mol. The van der Waals surface area contributed by atoms with E-state index < -0.39 is 0 Å². The van der Waals surface area contributed by atoms with Gasteiger partial charge in [0.1, 0.15) is 16.8 Å². The molecule has 0 unspecified atom stereocenters. The van der Waals surface area contributed by atoms with Crippen LogP contribution < -0.4 is 0 Å². The Morgan fingerprint density at radius 3 is 2.20 bits per heavy atom. The molecule has 0 aliphatic rings. The molecule has 0 aliphatic heterocycles. The van der Waals surface area contributed by atoms with Gasteiger partial charge in [0.2, 0.25) is 0 Å². The Morgan fingerprint density at radius 1 is 0.556 bits per heavy atom. The predicted molar refractivity (Wildman–Crippen MR) is 187 cm³/mol. The van der Waals surface area contributed by atoms with Crippen molar-refractivity contribution in [3.05, 3.63) is 140 Å². The molecule has 5 heteroatoms. The summed E-state index contributed by atoms with van der Waals surface area (Å²) in [5, 5.41) is 6.07. The molecule has 10 aromatic rings. The summed E-state index contributed by atoms with van der Waals surface area (Å²) in [6, 6.07) is 48.9. The van der Waals surface area contributed by atoms with Crippen LogP contribution in [0.1, 0.15) is 0 Å². The van der Waals surface area contributed by atoms with Crippen LogP contribution in [0.25, 0.3) is 92.4 Å². The van der Waals surface area contributed by atoms with Gasteiger partial charge in [-0.15, -0.1) is 11.3 Å². The molecular weight excluding hydrogens is 571 g/mol. The van der Waals surface area contributed by atoms with Gasteiger partial charge in [0.15, 0.2) is 11.4 Å². The average Bonchev–Trinajstić information content (AvgIpc) is 3.78. The molecule has 210 valence electrons. The van der Waals surface area contributed by atoms with Crippen LogP contribution in [0.2, 0.25) is 0 Å². The Kier molecular flexibility index (Phi) is 5.12. The Labute approximate surface area is 261 Å². The van der Waals surface area contributed by atoms with E-state index in [4.69, 9.17) is 14.4 Å². The van der Waals surface area contributed by atoms with Crippen molar-refractivity contribution in [2.75, 3.05) is 0 Å². The van der Waals surface area contributed by atoms with Crippen LogP contribution in [0, 0.1) is 0 Å². The molecule has 4 heterocycles. The summed E-state index contributed by atoms with van der Waals surface area (Å²) in [7, 11) is 0. The zero-order valence-electron chi connectivity index (χ0n) is 23.9. The standard InChI is InChI=1S/C40H23N3OS/c1-2-11-24(12-3-1)35-38-36(31-17-5-8-19-33(31)44-38)42-40(41-35)25-13-10-14-26(23-25)43-32-18-7-4-15-27(32)29-21-22-30-28-16-6-9-20-34(28)45-39(30)37(29)43/h1-23H. The molecule has 4 nitrogen and oxygen atoms in total. The quantitative estimate of drug-likeness (QED) is 0.205. The second kappa shape index (κ2) is 9.36. The number of rotatable bonds is 3.